The van der Waals surface area contributed by atoms with E-state index in [0.717, 1.165) is 73.0 Å². The number of nitrogens with zero attached hydrogens (tertiary/aromatic N) is 3. The lowest BCUT2D eigenvalue weighted by atomic mass is 9.88. The van der Waals surface area contributed by atoms with Crippen LogP contribution in [0.15, 0.2) is 18.2 Å². The number of ketones is 1. The number of H-pyrrole nitrogens is 1. The Morgan fingerprint density at radius 1 is 1.03 bits per heavy atom. The maximum atomic E-state index is 11.5. The molecule has 0 aliphatic rings. The molecule has 0 aliphatic heterocycles. The van der Waals surface area contributed by atoms with Gasteiger partial charge in [0.25, 0.3) is 0 Å². The highest BCUT2D eigenvalue weighted by Gasteiger charge is 2.24. The van der Waals surface area contributed by atoms with E-state index in [9.17, 15) is 4.79 Å². The van der Waals surface area contributed by atoms with Crippen molar-refractivity contribution in [2.24, 2.45) is 10.8 Å². The van der Waals surface area contributed by atoms with Gasteiger partial charge in [-0.2, -0.15) is 0 Å². The summed E-state index contributed by atoms with van der Waals surface area (Å²) in [7, 11) is 2.20. The third-order valence-corrected chi connectivity index (χ3v) is 7.25. The van der Waals surface area contributed by atoms with Crippen molar-refractivity contribution in [3.63, 3.8) is 0 Å². The summed E-state index contributed by atoms with van der Waals surface area (Å²) in [4.78, 5) is 26.8. The smallest absolute Gasteiger partial charge is 0.150 e. The van der Waals surface area contributed by atoms with Crippen LogP contribution < -0.4 is 5.73 Å². The Balaban J connectivity index is 1.43. The van der Waals surface area contributed by atoms with Crippen LogP contribution in [0.5, 0.6) is 0 Å². The van der Waals surface area contributed by atoms with Gasteiger partial charge in [0.2, 0.25) is 0 Å². The van der Waals surface area contributed by atoms with Gasteiger partial charge in [-0.25, -0.2) is 9.97 Å². The lowest BCUT2D eigenvalue weighted by Gasteiger charge is -2.32. The molecule has 1 aromatic carbocycles. The number of carbonyl (C=O) groups excluding carboxylic acids is 1. The lowest BCUT2D eigenvalue weighted by Crippen LogP contribution is -2.36. The first-order valence-electron chi connectivity index (χ1n) is 14.7. The number of benzene rings is 1. The summed E-state index contributed by atoms with van der Waals surface area (Å²) in [6.45, 7) is 15.9. The first kappa shape index (κ1) is 31.0. The average molecular weight is 538 g/mol. The molecule has 0 bridgehead atoms. The second-order valence-corrected chi connectivity index (χ2v) is 13.1. The minimum absolute atomic E-state index is 0.0670. The standard InChI is InChI=1S/C32H51N5O2/c1-8-9-14-27-35-28-25-16-15-24(18-26(25)34-30(33)29(28)36-27)13-11-10-12-17-37(7)20-32(5,6)22-39-21-31(3,4)19-23(2)38/h15-16,18H,8-14,17,19-22H2,1-7H3,(H2,33,34)(H,35,36). The first-order valence-corrected chi connectivity index (χ1v) is 14.7. The molecule has 0 aliphatic carbocycles. The Bertz CT molecular complexity index is 1230. The molecule has 0 saturated carbocycles. The molecular formula is C32H51N5O2. The molecule has 3 rings (SSSR count). The molecular weight excluding hydrogens is 486 g/mol. The largest absolute Gasteiger partial charge is 0.382 e. The van der Waals surface area contributed by atoms with Crippen LogP contribution in [-0.4, -0.2) is 59.0 Å². The maximum absolute atomic E-state index is 11.5. The topological polar surface area (TPSA) is 97.1 Å². The number of hydrogen-bond donors (Lipinski definition) is 2. The van der Waals surface area contributed by atoms with Gasteiger partial charge < -0.3 is 25.1 Å². The molecule has 39 heavy (non-hydrogen) atoms. The Labute approximate surface area is 235 Å². The van der Waals surface area contributed by atoms with E-state index in [0.29, 0.717) is 25.5 Å². The Morgan fingerprint density at radius 2 is 1.77 bits per heavy atom. The number of carbonyl (C=O) groups is 1. The number of hydrogen-bond acceptors (Lipinski definition) is 6. The third kappa shape index (κ3) is 9.57. The van der Waals surface area contributed by atoms with E-state index in [2.05, 4.69) is 74.7 Å². The van der Waals surface area contributed by atoms with Crippen LogP contribution in [0.25, 0.3) is 21.9 Å². The Morgan fingerprint density at radius 3 is 2.49 bits per heavy atom. The van der Waals surface area contributed by atoms with Gasteiger partial charge in [0.05, 0.1) is 18.7 Å². The van der Waals surface area contributed by atoms with Crippen LogP contribution in [0.3, 0.4) is 0 Å². The minimum Gasteiger partial charge on any atom is -0.382 e. The second kappa shape index (κ2) is 13.7. The number of ether oxygens (including phenoxy) is 1. The fourth-order valence-electron chi connectivity index (χ4n) is 5.55. The number of fused-ring (bicyclic) bond motifs is 3. The number of aromatic amines is 1. The van der Waals surface area contributed by atoms with Crippen molar-refractivity contribution in [2.75, 3.05) is 39.1 Å². The molecule has 0 unspecified atom stereocenters. The van der Waals surface area contributed by atoms with Gasteiger partial charge in [0.15, 0.2) is 0 Å². The fourth-order valence-corrected chi connectivity index (χ4v) is 5.55. The molecule has 0 spiro atoms. The first-order chi connectivity index (χ1) is 18.4. The molecule has 7 heteroatoms. The predicted molar refractivity (Wildman–Crippen MR) is 163 cm³/mol. The summed E-state index contributed by atoms with van der Waals surface area (Å²) in [6, 6.07) is 6.55. The molecule has 2 aromatic heterocycles. The quantitative estimate of drug-likeness (QED) is 0.185. The zero-order valence-electron chi connectivity index (χ0n) is 25.5. The van der Waals surface area contributed by atoms with Gasteiger partial charge in [-0.15, -0.1) is 0 Å². The molecule has 7 nitrogen and oxygen atoms in total. The molecule has 216 valence electrons. The Kier molecular flexibility index (Phi) is 10.9. The summed E-state index contributed by atoms with van der Waals surface area (Å²) in [5.41, 5.74) is 10.3. The van der Waals surface area contributed by atoms with Crippen LogP contribution in [0, 0.1) is 10.8 Å². The number of rotatable bonds is 17. The highest BCUT2D eigenvalue weighted by Crippen LogP contribution is 2.28. The van der Waals surface area contributed by atoms with Crippen LogP contribution in [-0.2, 0) is 22.4 Å². The second-order valence-electron chi connectivity index (χ2n) is 13.1. The molecule has 0 radical (unpaired) electrons. The van der Waals surface area contributed by atoms with Gasteiger partial charge in [-0.05, 0) is 63.2 Å². The number of aryl methyl sites for hydroxylation is 2. The van der Waals surface area contributed by atoms with E-state index >= 15 is 0 Å². The van der Waals surface area contributed by atoms with E-state index in [-0.39, 0.29) is 16.6 Å². The lowest BCUT2D eigenvalue weighted by molar-refractivity contribution is -0.120. The number of Topliss-reactive ketones (excluding diaryl/α,β-unsaturated/α-hetero) is 1. The van der Waals surface area contributed by atoms with Gasteiger partial charge in [0.1, 0.15) is 28.5 Å². The van der Waals surface area contributed by atoms with Gasteiger partial charge >= 0.3 is 0 Å². The van der Waals surface area contributed by atoms with Crippen molar-refractivity contribution in [3.05, 3.63) is 29.6 Å². The number of pyridine rings is 1. The van der Waals surface area contributed by atoms with Gasteiger partial charge in [-0.3, -0.25) is 0 Å². The van der Waals surface area contributed by atoms with Crippen molar-refractivity contribution in [1.29, 1.82) is 0 Å². The van der Waals surface area contributed by atoms with Gasteiger partial charge in [-0.1, -0.05) is 59.6 Å². The normalized spacial score (nSPS) is 12.7. The van der Waals surface area contributed by atoms with E-state index in [4.69, 9.17) is 15.5 Å². The van der Waals surface area contributed by atoms with E-state index in [1.54, 1.807) is 6.92 Å². The van der Waals surface area contributed by atoms with Gasteiger partial charge in [0, 0.05) is 30.2 Å². The third-order valence-electron chi connectivity index (χ3n) is 7.25. The van der Waals surface area contributed by atoms with E-state index < -0.39 is 0 Å². The number of anilines is 1. The molecule has 0 amide bonds. The summed E-state index contributed by atoms with van der Waals surface area (Å²) in [5, 5.41) is 1.07. The molecule has 3 aromatic rings. The monoisotopic (exact) mass is 537 g/mol. The zero-order chi connectivity index (χ0) is 28.6. The molecule has 3 N–H and O–H groups in total. The molecule has 0 fully saturated rings. The highest BCUT2D eigenvalue weighted by molar-refractivity contribution is 6.06. The van der Waals surface area contributed by atoms with Crippen molar-refractivity contribution in [1.82, 2.24) is 19.9 Å². The van der Waals surface area contributed by atoms with Crippen LogP contribution in [0.2, 0.25) is 0 Å². The summed E-state index contributed by atoms with van der Waals surface area (Å²) in [6.07, 6.45) is 8.30. The zero-order valence-corrected chi connectivity index (χ0v) is 25.5. The fraction of sp³-hybridized carbons (Fsp3) is 0.656. The van der Waals surface area contributed by atoms with Crippen LogP contribution in [0.4, 0.5) is 5.82 Å². The SMILES string of the molecule is CCCCc1nc2c([nH]1)c(N)nc1cc(CCCCCN(C)CC(C)(C)COCC(C)(C)CC(C)=O)ccc12. The molecule has 0 saturated heterocycles. The molecule has 0 atom stereocenters. The minimum atomic E-state index is -0.107. The van der Waals surface area contributed by atoms with Crippen molar-refractivity contribution in [3.8, 4) is 0 Å². The van der Waals surface area contributed by atoms with Crippen molar-refractivity contribution >= 4 is 33.5 Å². The number of imidazole rings is 1. The van der Waals surface area contributed by atoms with Crippen LogP contribution in [0.1, 0.15) is 91.5 Å². The number of nitrogen functional groups attached to an aromatic ring is 1. The number of aromatic nitrogens is 3. The van der Waals surface area contributed by atoms with Crippen molar-refractivity contribution in [2.45, 2.75) is 92.9 Å². The molecule has 2 heterocycles. The van der Waals surface area contributed by atoms with Crippen LogP contribution >= 0.6 is 0 Å². The summed E-state index contributed by atoms with van der Waals surface area (Å²) < 4.78 is 6.04. The maximum Gasteiger partial charge on any atom is 0.150 e. The highest BCUT2D eigenvalue weighted by atomic mass is 16.5. The summed E-state index contributed by atoms with van der Waals surface area (Å²) in [5.74, 6) is 1.74. The average Bonchev–Trinajstić information content (AvgIpc) is 3.26. The number of unbranched alkanes of at least 4 members (excludes halogenated alkanes) is 3. The number of nitrogens with two attached hydrogens (primary N) is 1. The number of nitrogens with one attached hydrogen (secondary N) is 1. The Hall–Kier alpha value is -2.51. The van der Waals surface area contributed by atoms with Crippen molar-refractivity contribution < 1.29 is 9.53 Å². The predicted octanol–water partition coefficient (Wildman–Crippen LogP) is 6.73. The summed E-state index contributed by atoms with van der Waals surface area (Å²) >= 11 is 0. The van der Waals surface area contributed by atoms with E-state index in [1.165, 1.54) is 18.4 Å². The van der Waals surface area contributed by atoms with E-state index in [1.807, 2.05) is 0 Å².